The molecule has 5 nitrogen and oxygen atoms in total. The van der Waals surface area contributed by atoms with Gasteiger partial charge in [-0.15, -0.1) is 0 Å². The molecule has 0 aliphatic heterocycles. The van der Waals surface area contributed by atoms with Crippen molar-refractivity contribution in [2.24, 2.45) is 0 Å². The van der Waals surface area contributed by atoms with Crippen molar-refractivity contribution in [2.45, 2.75) is 32.7 Å². The molecule has 0 fully saturated rings. The molecule has 1 unspecified atom stereocenters. The highest BCUT2D eigenvalue weighted by Crippen LogP contribution is 2.16. The summed E-state index contributed by atoms with van der Waals surface area (Å²) in [5, 5.41) is 3.31. The Labute approximate surface area is 109 Å². The van der Waals surface area contributed by atoms with E-state index in [0.717, 1.165) is 24.4 Å². The monoisotopic (exact) mass is 271 g/mol. The van der Waals surface area contributed by atoms with Crippen LogP contribution in [-0.4, -0.2) is 36.9 Å². The second-order valence-corrected chi connectivity index (χ2v) is 6.72. The molecule has 1 heterocycles. The number of rotatable bonds is 7. The first-order valence-corrected chi connectivity index (χ1v) is 8.18. The summed E-state index contributed by atoms with van der Waals surface area (Å²) in [6.07, 6.45) is 6.13. The molecule has 18 heavy (non-hydrogen) atoms. The molecule has 0 saturated heterocycles. The smallest absolute Gasteiger partial charge is 0.147 e. The first-order valence-electron chi connectivity index (χ1n) is 6.12. The third-order valence-corrected chi connectivity index (χ3v) is 3.65. The predicted octanol–water partition coefficient (Wildman–Crippen LogP) is 1.26. The quantitative estimate of drug-likeness (QED) is 0.808. The molecule has 0 radical (unpaired) electrons. The van der Waals surface area contributed by atoms with Gasteiger partial charge in [-0.25, -0.2) is 8.42 Å². The number of hydrogen-bond acceptors (Lipinski definition) is 5. The normalized spacial score (nSPS) is 13.5. The first kappa shape index (κ1) is 15.0. The van der Waals surface area contributed by atoms with E-state index in [1.54, 1.807) is 12.4 Å². The summed E-state index contributed by atoms with van der Waals surface area (Å²) in [5.74, 6) is 0.216. The molecule has 0 aromatic carbocycles. The van der Waals surface area contributed by atoms with Crippen LogP contribution in [0.15, 0.2) is 12.4 Å². The molecule has 1 N–H and O–H groups in total. The van der Waals surface area contributed by atoms with Crippen LogP contribution in [0.3, 0.4) is 0 Å². The lowest BCUT2D eigenvalue weighted by Crippen LogP contribution is -2.23. The Kier molecular flexibility index (Phi) is 5.68. The Balaban J connectivity index is 2.62. The van der Waals surface area contributed by atoms with E-state index in [0.29, 0.717) is 6.42 Å². The van der Waals surface area contributed by atoms with Crippen LogP contribution in [0.4, 0.5) is 0 Å². The Morgan fingerprint density at radius 3 is 2.56 bits per heavy atom. The Morgan fingerprint density at radius 2 is 2.06 bits per heavy atom. The zero-order valence-corrected chi connectivity index (χ0v) is 12.0. The van der Waals surface area contributed by atoms with Gasteiger partial charge < -0.3 is 5.32 Å². The fraction of sp³-hybridized carbons (Fsp3) is 0.667. The summed E-state index contributed by atoms with van der Waals surface area (Å²) >= 11 is 0. The van der Waals surface area contributed by atoms with Crippen LogP contribution in [0.25, 0.3) is 0 Å². The zero-order valence-electron chi connectivity index (χ0n) is 11.2. The maximum atomic E-state index is 11.1. The summed E-state index contributed by atoms with van der Waals surface area (Å²) in [7, 11) is -2.89. The Bertz CT molecular complexity index is 457. The van der Waals surface area contributed by atoms with Gasteiger partial charge in [0.2, 0.25) is 0 Å². The van der Waals surface area contributed by atoms with Crippen molar-refractivity contribution in [1.29, 1.82) is 0 Å². The van der Waals surface area contributed by atoms with Gasteiger partial charge in [0.1, 0.15) is 9.84 Å². The fourth-order valence-corrected chi connectivity index (χ4v) is 2.42. The number of aryl methyl sites for hydroxylation is 1. The van der Waals surface area contributed by atoms with Gasteiger partial charge in [0.15, 0.2) is 0 Å². The predicted molar refractivity (Wildman–Crippen MR) is 72.1 cm³/mol. The van der Waals surface area contributed by atoms with E-state index in [2.05, 4.69) is 15.3 Å². The van der Waals surface area contributed by atoms with Crippen molar-refractivity contribution in [3.63, 3.8) is 0 Å². The van der Waals surface area contributed by atoms with Crippen LogP contribution in [0.2, 0.25) is 0 Å². The maximum absolute atomic E-state index is 11.1. The number of sulfone groups is 1. The summed E-state index contributed by atoms with van der Waals surface area (Å²) in [5.41, 5.74) is 1.75. The van der Waals surface area contributed by atoms with Crippen molar-refractivity contribution < 1.29 is 8.42 Å². The third kappa shape index (κ3) is 5.55. The van der Waals surface area contributed by atoms with Crippen molar-refractivity contribution in [2.75, 3.05) is 18.6 Å². The molecule has 0 spiro atoms. The van der Waals surface area contributed by atoms with E-state index >= 15 is 0 Å². The second kappa shape index (κ2) is 6.80. The lowest BCUT2D eigenvalue weighted by atomic mass is 10.1. The van der Waals surface area contributed by atoms with Gasteiger partial charge in [-0.3, -0.25) is 9.97 Å². The molecule has 1 rings (SSSR count). The third-order valence-electron chi connectivity index (χ3n) is 2.62. The summed E-state index contributed by atoms with van der Waals surface area (Å²) in [6, 6.07) is 0.0739. The van der Waals surface area contributed by atoms with Gasteiger partial charge in [0.05, 0.1) is 23.6 Å². The molecule has 6 heteroatoms. The minimum Gasteiger partial charge on any atom is -0.309 e. The molecule has 0 aliphatic rings. The summed E-state index contributed by atoms with van der Waals surface area (Å²) < 4.78 is 22.2. The number of nitrogens with zero attached hydrogens (tertiary/aromatic N) is 2. The average molecular weight is 271 g/mol. The van der Waals surface area contributed by atoms with Crippen molar-refractivity contribution in [3.8, 4) is 0 Å². The summed E-state index contributed by atoms with van der Waals surface area (Å²) in [6.45, 7) is 4.73. The fourth-order valence-electron chi connectivity index (χ4n) is 1.73. The molecular weight excluding hydrogens is 250 g/mol. The number of aromatic nitrogens is 2. The summed E-state index contributed by atoms with van der Waals surface area (Å²) in [4.78, 5) is 8.56. The first-order chi connectivity index (χ1) is 8.42. The van der Waals surface area contributed by atoms with E-state index in [4.69, 9.17) is 0 Å². The van der Waals surface area contributed by atoms with Crippen molar-refractivity contribution >= 4 is 9.84 Å². The van der Waals surface area contributed by atoms with E-state index in [1.807, 2.05) is 13.8 Å². The Morgan fingerprint density at radius 1 is 1.33 bits per heavy atom. The van der Waals surface area contributed by atoms with Crippen molar-refractivity contribution in [3.05, 3.63) is 23.8 Å². The molecular formula is C12H21N3O2S. The molecule has 0 amide bonds. The molecule has 1 aromatic rings. The van der Waals surface area contributed by atoms with E-state index in [-0.39, 0.29) is 11.8 Å². The lowest BCUT2D eigenvalue weighted by Gasteiger charge is -2.16. The Hall–Kier alpha value is -1.01. The molecule has 0 bridgehead atoms. The molecule has 0 aliphatic carbocycles. The van der Waals surface area contributed by atoms with Gasteiger partial charge in [0.25, 0.3) is 0 Å². The minimum absolute atomic E-state index is 0.0739. The van der Waals surface area contributed by atoms with Gasteiger partial charge in [0, 0.05) is 18.2 Å². The minimum atomic E-state index is -2.89. The molecule has 102 valence electrons. The van der Waals surface area contributed by atoms with E-state index < -0.39 is 9.84 Å². The van der Waals surface area contributed by atoms with Crippen LogP contribution in [0.5, 0.6) is 0 Å². The van der Waals surface area contributed by atoms with Gasteiger partial charge in [-0.2, -0.15) is 0 Å². The van der Waals surface area contributed by atoms with E-state index in [1.165, 1.54) is 6.26 Å². The molecule has 1 aromatic heterocycles. The number of nitrogens with one attached hydrogen (secondary N) is 1. The van der Waals surface area contributed by atoms with Crippen LogP contribution >= 0.6 is 0 Å². The lowest BCUT2D eigenvalue weighted by molar-refractivity contribution is 0.494. The zero-order chi connectivity index (χ0) is 13.6. The van der Waals surface area contributed by atoms with E-state index in [9.17, 15) is 8.42 Å². The average Bonchev–Trinajstić information content (AvgIpc) is 2.27. The highest BCUT2D eigenvalue weighted by atomic mass is 32.2. The number of hydrogen-bond donors (Lipinski definition) is 1. The SMILES string of the molecule is CCNC(CCCS(C)(=O)=O)c1cnc(C)cn1. The van der Waals surface area contributed by atoms with Crippen LogP contribution in [-0.2, 0) is 9.84 Å². The van der Waals surface area contributed by atoms with Crippen LogP contribution < -0.4 is 5.32 Å². The second-order valence-electron chi connectivity index (χ2n) is 4.47. The standard InChI is InChI=1S/C12H21N3O2S/c1-4-13-11(6-5-7-18(3,16)17)12-9-14-10(2)8-15-12/h8-9,11,13H,4-7H2,1-3H3. The highest BCUT2D eigenvalue weighted by Gasteiger charge is 2.13. The van der Waals surface area contributed by atoms with Gasteiger partial charge in [-0.05, 0) is 26.3 Å². The highest BCUT2D eigenvalue weighted by molar-refractivity contribution is 7.90. The van der Waals surface area contributed by atoms with Gasteiger partial charge in [-0.1, -0.05) is 6.92 Å². The van der Waals surface area contributed by atoms with Crippen LogP contribution in [0.1, 0.15) is 37.2 Å². The topological polar surface area (TPSA) is 72.0 Å². The van der Waals surface area contributed by atoms with Gasteiger partial charge >= 0.3 is 0 Å². The maximum Gasteiger partial charge on any atom is 0.147 e. The molecule has 0 saturated carbocycles. The van der Waals surface area contributed by atoms with Crippen molar-refractivity contribution in [1.82, 2.24) is 15.3 Å². The largest absolute Gasteiger partial charge is 0.309 e. The molecule has 1 atom stereocenters. The van der Waals surface area contributed by atoms with Crippen LogP contribution in [0, 0.1) is 6.92 Å².